The van der Waals surface area contributed by atoms with Crippen LogP contribution in [0, 0.1) is 22.8 Å². The summed E-state index contributed by atoms with van der Waals surface area (Å²) >= 11 is 0. The zero-order valence-corrected chi connectivity index (χ0v) is 12.8. The Morgan fingerprint density at radius 2 is 1.96 bits per heavy atom. The number of fused-ring (bicyclic) bond motifs is 1. The molecule has 1 aliphatic heterocycles. The van der Waals surface area contributed by atoms with Gasteiger partial charge in [0.25, 0.3) is 0 Å². The first-order chi connectivity index (χ1) is 11.6. The Morgan fingerprint density at radius 1 is 1.21 bits per heavy atom. The van der Waals surface area contributed by atoms with Crippen LogP contribution in [0.4, 0.5) is 4.79 Å². The number of primary amides is 1. The average Bonchev–Trinajstić information content (AvgIpc) is 3.02. The van der Waals surface area contributed by atoms with Gasteiger partial charge in [-0.3, -0.25) is 0 Å². The van der Waals surface area contributed by atoms with Crippen molar-refractivity contribution in [2.45, 2.75) is 19.7 Å². The number of amides is 1. The van der Waals surface area contributed by atoms with E-state index in [2.05, 4.69) is 12.3 Å². The first-order valence-corrected chi connectivity index (χ1v) is 7.33. The fourth-order valence-corrected chi connectivity index (χ4v) is 2.87. The first kappa shape index (κ1) is 15.4. The van der Waals surface area contributed by atoms with E-state index < -0.39 is 6.09 Å². The smallest absolute Gasteiger partial charge is 0.404 e. The Labute approximate surface area is 139 Å². The normalized spacial score (nSPS) is 12.2. The van der Waals surface area contributed by atoms with Gasteiger partial charge in [0.1, 0.15) is 6.61 Å². The molecule has 0 unspecified atom stereocenters. The van der Waals surface area contributed by atoms with Gasteiger partial charge in [-0.15, -0.1) is 0 Å². The highest BCUT2D eigenvalue weighted by Gasteiger charge is 2.22. The Morgan fingerprint density at radius 3 is 2.58 bits per heavy atom. The lowest BCUT2D eigenvalue weighted by atomic mass is 9.94. The van der Waals surface area contributed by atoms with Crippen LogP contribution < -0.4 is 5.73 Å². The summed E-state index contributed by atoms with van der Waals surface area (Å²) in [5.41, 5.74) is 10.5. The van der Waals surface area contributed by atoms with Crippen molar-refractivity contribution in [2.24, 2.45) is 5.73 Å². The summed E-state index contributed by atoms with van der Waals surface area (Å²) in [5, 5.41) is 18.1. The molecule has 3 rings (SSSR count). The highest BCUT2D eigenvalue weighted by atomic mass is 16.5. The van der Waals surface area contributed by atoms with Crippen LogP contribution in [-0.2, 0) is 24.4 Å². The molecule has 0 fully saturated rings. The van der Waals surface area contributed by atoms with Gasteiger partial charge >= 0.3 is 6.09 Å². The summed E-state index contributed by atoms with van der Waals surface area (Å²) in [6.45, 7) is 1.15. The molecule has 0 atom stereocenters. The third kappa shape index (κ3) is 2.99. The van der Waals surface area contributed by atoms with Crippen molar-refractivity contribution < 1.29 is 9.53 Å². The van der Waals surface area contributed by atoms with Crippen molar-refractivity contribution in [1.82, 2.24) is 4.90 Å². The quantitative estimate of drug-likeness (QED) is 0.876. The number of nitrogens with two attached hydrogens (primary N) is 1. The zero-order chi connectivity index (χ0) is 17.1. The molecule has 118 valence electrons. The van der Waals surface area contributed by atoms with E-state index in [0.717, 1.165) is 27.8 Å². The van der Waals surface area contributed by atoms with Crippen molar-refractivity contribution in [1.29, 1.82) is 10.5 Å². The molecule has 6 heteroatoms. The Hall–Kier alpha value is -3.51. The van der Waals surface area contributed by atoms with E-state index in [0.29, 0.717) is 18.7 Å². The molecule has 2 N–H and O–H groups in total. The summed E-state index contributed by atoms with van der Waals surface area (Å²) in [6, 6.07) is 13.2. The molecule has 1 amide bonds. The molecule has 24 heavy (non-hydrogen) atoms. The minimum atomic E-state index is -0.825. The van der Waals surface area contributed by atoms with Crippen molar-refractivity contribution in [2.75, 3.05) is 0 Å². The molecule has 1 heterocycles. The summed E-state index contributed by atoms with van der Waals surface area (Å²) in [4.78, 5) is 12.5. The molecule has 6 nitrogen and oxygen atoms in total. The Kier molecular flexibility index (Phi) is 4.05. The predicted octanol–water partition coefficient (Wildman–Crippen LogP) is 2.62. The summed E-state index contributed by atoms with van der Waals surface area (Å²) < 4.78 is 4.89. The van der Waals surface area contributed by atoms with Crippen LogP contribution in [0.3, 0.4) is 0 Å². The molecule has 0 saturated carbocycles. The molecule has 1 aliphatic rings. The lowest BCUT2D eigenvalue weighted by Gasteiger charge is -2.12. The third-order valence-electron chi connectivity index (χ3n) is 3.96. The van der Waals surface area contributed by atoms with Crippen LogP contribution in [0.5, 0.6) is 0 Å². The second-order valence-corrected chi connectivity index (χ2v) is 5.53. The van der Waals surface area contributed by atoms with E-state index >= 15 is 0 Å². The maximum absolute atomic E-state index is 10.8. The van der Waals surface area contributed by atoms with Crippen LogP contribution >= 0.6 is 0 Å². The van der Waals surface area contributed by atoms with Crippen molar-refractivity contribution >= 4 is 6.09 Å². The molecule has 0 spiro atoms. The van der Waals surface area contributed by atoms with E-state index in [1.807, 2.05) is 24.3 Å². The van der Waals surface area contributed by atoms with Gasteiger partial charge in [0.05, 0.1) is 24.7 Å². The highest BCUT2D eigenvalue weighted by Crippen LogP contribution is 2.34. The second-order valence-electron chi connectivity index (χ2n) is 5.53. The topological polar surface area (TPSA) is 103 Å². The summed E-state index contributed by atoms with van der Waals surface area (Å²) in [6.07, 6.45) is 1.34. The number of ether oxygens (including phenoxy) is 1. The van der Waals surface area contributed by atoms with E-state index in [-0.39, 0.29) is 6.61 Å². The van der Waals surface area contributed by atoms with Crippen LogP contribution in [0.2, 0.25) is 0 Å². The van der Waals surface area contributed by atoms with E-state index in [9.17, 15) is 4.79 Å². The number of carbonyl (C=O) groups is 1. The second kappa shape index (κ2) is 6.31. The maximum Gasteiger partial charge on any atom is 0.404 e. The van der Waals surface area contributed by atoms with Crippen molar-refractivity contribution in [3.63, 3.8) is 0 Å². The fourth-order valence-electron chi connectivity index (χ4n) is 2.87. The SMILES string of the molecule is N#Cc1ccc(-c2cc(COC(N)=O)cc3c2CN(C#N)C3)cc1. The zero-order valence-electron chi connectivity index (χ0n) is 12.8. The number of hydrogen-bond donors (Lipinski definition) is 1. The minimum Gasteiger partial charge on any atom is -0.445 e. The van der Waals surface area contributed by atoms with Gasteiger partial charge in [-0.1, -0.05) is 18.2 Å². The van der Waals surface area contributed by atoms with Crippen LogP contribution in [0.15, 0.2) is 36.4 Å². The van der Waals surface area contributed by atoms with Gasteiger partial charge < -0.3 is 15.4 Å². The highest BCUT2D eigenvalue weighted by molar-refractivity contribution is 5.71. The Bertz CT molecular complexity index is 876. The van der Waals surface area contributed by atoms with E-state index in [1.165, 1.54) is 0 Å². The number of hydrogen-bond acceptors (Lipinski definition) is 5. The van der Waals surface area contributed by atoms with Gasteiger partial charge in [0.2, 0.25) is 0 Å². The molecular formula is C18H14N4O2. The monoisotopic (exact) mass is 318 g/mol. The number of benzene rings is 2. The average molecular weight is 318 g/mol. The molecule has 2 aromatic rings. The standard InChI is InChI=1S/C18H14N4O2/c19-7-12-1-3-14(4-2-12)16-6-13(10-24-18(21)23)5-15-8-22(11-20)9-17(15)16/h1-6H,8-10H2,(H2,21,23). The molecular weight excluding hydrogens is 304 g/mol. The number of carbonyl (C=O) groups excluding carboxylic acids is 1. The third-order valence-corrected chi connectivity index (χ3v) is 3.96. The van der Waals surface area contributed by atoms with Crippen LogP contribution in [0.1, 0.15) is 22.3 Å². The van der Waals surface area contributed by atoms with E-state index in [4.69, 9.17) is 21.0 Å². The van der Waals surface area contributed by atoms with Crippen LogP contribution in [-0.4, -0.2) is 11.0 Å². The fraction of sp³-hybridized carbons (Fsp3) is 0.167. The molecule has 0 aliphatic carbocycles. The lowest BCUT2D eigenvalue weighted by molar-refractivity contribution is 0.150. The van der Waals surface area contributed by atoms with Gasteiger partial charge in [-0.05, 0) is 46.0 Å². The van der Waals surface area contributed by atoms with Gasteiger partial charge in [0, 0.05) is 0 Å². The van der Waals surface area contributed by atoms with Gasteiger partial charge in [0.15, 0.2) is 6.19 Å². The van der Waals surface area contributed by atoms with Crippen molar-refractivity contribution in [3.05, 3.63) is 58.7 Å². The first-order valence-electron chi connectivity index (χ1n) is 7.33. The summed E-state index contributed by atoms with van der Waals surface area (Å²) in [5.74, 6) is 0. The van der Waals surface area contributed by atoms with Crippen LogP contribution in [0.25, 0.3) is 11.1 Å². The predicted molar refractivity (Wildman–Crippen MR) is 85.8 cm³/mol. The van der Waals surface area contributed by atoms with E-state index in [1.54, 1.807) is 17.0 Å². The maximum atomic E-state index is 10.8. The molecule has 2 aromatic carbocycles. The number of nitriles is 2. The largest absolute Gasteiger partial charge is 0.445 e. The molecule has 0 aromatic heterocycles. The van der Waals surface area contributed by atoms with Gasteiger partial charge in [-0.25, -0.2) is 4.79 Å². The van der Waals surface area contributed by atoms with Crippen molar-refractivity contribution in [3.8, 4) is 23.4 Å². The summed E-state index contributed by atoms with van der Waals surface area (Å²) in [7, 11) is 0. The minimum absolute atomic E-state index is 0.0818. The molecule has 0 bridgehead atoms. The number of nitrogens with zero attached hydrogens (tertiary/aromatic N) is 3. The number of rotatable bonds is 3. The Balaban J connectivity index is 2.04. The van der Waals surface area contributed by atoms with Gasteiger partial charge in [-0.2, -0.15) is 10.5 Å². The molecule has 0 radical (unpaired) electrons. The molecule has 0 saturated heterocycles. The lowest BCUT2D eigenvalue weighted by Crippen LogP contribution is -2.12.